The number of nitrogens with one attached hydrogen (secondary N) is 1. The van der Waals surface area contributed by atoms with Crippen molar-refractivity contribution >= 4 is 49.1 Å². The summed E-state index contributed by atoms with van der Waals surface area (Å²) >= 11 is 12.5. The molecule has 0 bridgehead atoms. The minimum absolute atomic E-state index is 0.277. The summed E-state index contributed by atoms with van der Waals surface area (Å²) in [6.45, 7) is 1.63. The molecule has 0 saturated carbocycles. The number of anilines is 1. The molecule has 0 radical (unpaired) electrons. The first-order chi connectivity index (χ1) is 9.85. The monoisotopic (exact) mass is 430 g/mol. The van der Waals surface area contributed by atoms with Crippen molar-refractivity contribution in [2.45, 2.75) is 12.5 Å². The van der Waals surface area contributed by atoms with Gasteiger partial charge in [0.2, 0.25) is 0 Å². The zero-order valence-corrected chi connectivity index (χ0v) is 14.9. The van der Waals surface area contributed by atoms with Gasteiger partial charge in [-0.3, -0.25) is 0 Å². The number of benzene rings is 2. The predicted molar refractivity (Wildman–Crippen MR) is 89.8 cm³/mol. The Morgan fingerprint density at radius 3 is 2.52 bits per heavy atom. The average molecular weight is 433 g/mol. The average Bonchev–Trinajstić information content (AvgIpc) is 2.42. The van der Waals surface area contributed by atoms with Gasteiger partial charge in [-0.05, 0) is 53.2 Å². The van der Waals surface area contributed by atoms with Gasteiger partial charge in [-0.25, -0.2) is 4.39 Å². The molecule has 0 heterocycles. The van der Waals surface area contributed by atoms with Crippen molar-refractivity contribution in [2.24, 2.45) is 0 Å². The van der Waals surface area contributed by atoms with E-state index in [1.807, 2.05) is 0 Å². The zero-order chi connectivity index (χ0) is 15.6. The van der Waals surface area contributed by atoms with Crippen molar-refractivity contribution in [3.63, 3.8) is 0 Å². The third-order valence-corrected chi connectivity index (χ3v) is 4.71. The molecule has 6 heteroatoms. The summed E-state index contributed by atoms with van der Waals surface area (Å²) in [5.41, 5.74) is -0.255. The van der Waals surface area contributed by atoms with Gasteiger partial charge in [-0.2, -0.15) is 5.26 Å². The van der Waals surface area contributed by atoms with Crippen LogP contribution >= 0.6 is 43.5 Å². The van der Waals surface area contributed by atoms with Crippen molar-refractivity contribution in [1.29, 1.82) is 5.26 Å². The second-order valence-electron chi connectivity index (χ2n) is 4.61. The molecule has 2 nitrogen and oxygen atoms in total. The molecule has 1 atom stereocenters. The summed E-state index contributed by atoms with van der Waals surface area (Å²) in [6, 6.07) is 11.9. The maximum absolute atomic E-state index is 14.1. The van der Waals surface area contributed by atoms with Gasteiger partial charge < -0.3 is 5.32 Å². The van der Waals surface area contributed by atoms with Gasteiger partial charge in [0.25, 0.3) is 0 Å². The van der Waals surface area contributed by atoms with E-state index < -0.39 is 11.4 Å². The summed E-state index contributed by atoms with van der Waals surface area (Å²) in [6.07, 6.45) is 0. The fourth-order valence-corrected chi connectivity index (χ4v) is 2.74. The molecule has 0 fully saturated rings. The van der Waals surface area contributed by atoms with Crippen LogP contribution in [0.5, 0.6) is 0 Å². The first kappa shape index (κ1) is 16.3. The number of hydrogen-bond acceptors (Lipinski definition) is 2. The summed E-state index contributed by atoms with van der Waals surface area (Å²) in [4.78, 5) is 0. The highest BCUT2D eigenvalue weighted by atomic mass is 79.9. The van der Waals surface area contributed by atoms with Gasteiger partial charge in [0.15, 0.2) is 5.54 Å². The molecule has 0 amide bonds. The second kappa shape index (κ2) is 6.35. The molecule has 2 aromatic rings. The smallest absolute Gasteiger partial charge is 0.151 e. The van der Waals surface area contributed by atoms with Crippen molar-refractivity contribution in [2.75, 3.05) is 5.32 Å². The first-order valence-electron chi connectivity index (χ1n) is 5.96. The molecule has 0 saturated heterocycles. The third-order valence-electron chi connectivity index (χ3n) is 3.01. The van der Waals surface area contributed by atoms with Gasteiger partial charge in [0.05, 0.1) is 11.1 Å². The third kappa shape index (κ3) is 3.57. The molecule has 108 valence electrons. The van der Waals surface area contributed by atoms with Gasteiger partial charge in [0.1, 0.15) is 5.82 Å². The summed E-state index contributed by atoms with van der Waals surface area (Å²) in [5, 5.41) is 13.1. The van der Waals surface area contributed by atoms with Crippen LogP contribution < -0.4 is 5.32 Å². The Bertz CT molecular complexity index is 730. The van der Waals surface area contributed by atoms with Crippen LogP contribution in [0.3, 0.4) is 0 Å². The van der Waals surface area contributed by atoms with Crippen LogP contribution in [0.4, 0.5) is 10.1 Å². The molecule has 0 aliphatic rings. The number of rotatable bonds is 3. The molecule has 2 rings (SSSR count). The standard InChI is InChI=1S/C15H10Br2ClFN2/c1-15(8-20,11-4-2-9(16)6-14(11)19)21-10-3-5-13(18)12(17)7-10/h2-7,21H,1H3. The van der Waals surface area contributed by atoms with Crippen LogP contribution in [-0.2, 0) is 5.54 Å². The summed E-state index contributed by atoms with van der Waals surface area (Å²) in [7, 11) is 0. The Labute approximate surface area is 144 Å². The van der Waals surface area contributed by atoms with Gasteiger partial charge in [0, 0.05) is 20.2 Å². The van der Waals surface area contributed by atoms with E-state index in [0.717, 1.165) is 0 Å². The zero-order valence-electron chi connectivity index (χ0n) is 10.9. The lowest BCUT2D eigenvalue weighted by atomic mass is 9.92. The lowest BCUT2D eigenvalue weighted by Gasteiger charge is -2.25. The van der Waals surface area contributed by atoms with E-state index in [1.54, 1.807) is 37.3 Å². The van der Waals surface area contributed by atoms with Crippen LogP contribution in [0, 0.1) is 17.1 Å². The molecule has 0 aliphatic heterocycles. The van der Waals surface area contributed by atoms with E-state index in [1.165, 1.54) is 6.07 Å². The van der Waals surface area contributed by atoms with Crippen molar-refractivity contribution < 1.29 is 4.39 Å². The van der Waals surface area contributed by atoms with E-state index in [4.69, 9.17) is 11.6 Å². The Hall–Kier alpha value is -1.09. The minimum Gasteiger partial charge on any atom is -0.364 e. The Balaban J connectivity index is 2.41. The quantitative estimate of drug-likeness (QED) is 0.660. The van der Waals surface area contributed by atoms with Crippen molar-refractivity contribution in [1.82, 2.24) is 0 Å². The van der Waals surface area contributed by atoms with Crippen LogP contribution in [0.2, 0.25) is 5.02 Å². The number of halogens is 4. The second-order valence-corrected chi connectivity index (χ2v) is 6.79. The van der Waals surface area contributed by atoms with Gasteiger partial charge in [-0.1, -0.05) is 33.6 Å². The van der Waals surface area contributed by atoms with Crippen LogP contribution in [0.15, 0.2) is 45.3 Å². The fourth-order valence-electron chi connectivity index (χ4n) is 1.91. The number of hydrogen-bond donors (Lipinski definition) is 1. The molecule has 1 unspecified atom stereocenters. The topological polar surface area (TPSA) is 35.8 Å². The molecule has 21 heavy (non-hydrogen) atoms. The van der Waals surface area contributed by atoms with Crippen molar-refractivity contribution in [3.05, 3.63) is 61.7 Å². The van der Waals surface area contributed by atoms with E-state index in [0.29, 0.717) is 19.7 Å². The molecule has 2 aromatic carbocycles. The molecule has 0 aliphatic carbocycles. The van der Waals surface area contributed by atoms with Crippen LogP contribution in [0.1, 0.15) is 12.5 Å². The van der Waals surface area contributed by atoms with E-state index in [9.17, 15) is 9.65 Å². The number of nitrogens with zero attached hydrogens (tertiary/aromatic N) is 1. The van der Waals surface area contributed by atoms with Gasteiger partial charge >= 0.3 is 0 Å². The predicted octanol–water partition coefficient (Wildman–Crippen LogP) is 5.85. The Kier molecular flexibility index (Phi) is 4.92. The molecular formula is C15H10Br2ClFN2. The Morgan fingerprint density at radius 1 is 1.24 bits per heavy atom. The van der Waals surface area contributed by atoms with Crippen LogP contribution in [0.25, 0.3) is 0 Å². The fraction of sp³-hybridized carbons (Fsp3) is 0.133. The summed E-state index contributed by atoms with van der Waals surface area (Å²) in [5.74, 6) is -0.450. The lowest BCUT2D eigenvalue weighted by molar-refractivity contribution is 0.570. The molecular weight excluding hydrogens is 422 g/mol. The van der Waals surface area contributed by atoms with Gasteiger partial charge in [-0.15, -0.1) is 0 Å². The minimum atomic E-state index is -1.20. The van der Waals surface area contributed by atoms with E-state index in [-0.39, 0.29) is 5.56 Å². The molecule has 0 spiro atoms. The first-order valence-corrected chi connectivity index (χ1v) is 7.92. The molecule has 0 aromatic heterocycles. The Morgan fingerprint density at radius 2 is 1.95 bits per heavy atom. The SMILES string of the molecule is CC(C#N)(Nc1ccc(Cl)c(Br)c1)c1ccc(Br)cc1F. The normalized spacial score (nSPS) is 13.3. The largest absolute Gasteiger partial charge is 0.364 e. The highest BCUT2D eigenvalue weighted by Gasteiger charge is 2.29. The van der Waals surface area contributed by atoms with E-state index >= 15 is 0 Å². The lowest BCUT2D eigenvalue weighted by Crippen LogP contribution is -2.31. The highest BCUT2D eigenvalue weighted by molar-refractivity contribution is 9.10. The summed E-state index contributed by atoms with van der Waals surface area (Å²) < 4.78 is 15.5. The maximum atomic E-state index is 14.1. The van der Waals surface area contributed by atoms with E-state index in [2.05, 4.69) is 43.2 Å². The number of nitriles is 1. The van der Waals surface area contributed by atoms with Crippen LogP contribution in [-0.4, -0.2) is 0 Å². The molecule has 1 N–H and O–H groups in total. The maximum Gasteiger partial charge on any atom is 0.151 e. The highest BCUT2D eigenvalue weighted by Crippen LogP contribution is 2.32. The van der Waals surface area contributed by atoms with Crippen molar-refractivity contribution in [3.8, 4) is 6.07 Å².